The number of halogens is 1. The van der Waals surface area contributed by atoms with Crippen LogP contribution >= 0.6 is 15.9 Å². The fourth-order valence-corrected chi connectivity index (χ4v) is 3.31. The minimum Gasteiger partial charge on any atom is -0.466 e. The number of nitrogens with one attached hydrogen (secondary N) is 1. The standard InChI is InChI=1S/C20H16BrNO4/c1-25-19(23)11-18(20(24)26-2)22-13-8-7-12-9-17(21)15-6-4-3-5-14(15)16(12)10-13/h3-11,22H,1-2H3/b18-11+. The van der Waals surface area contributed by atoms with Gasteiger partial charge in [-0.3, -0.25) is 0 Å². The third kappa shape index (κ3) is 3.55. The third-order valence-electron chi connectivity index (χ3n) is 3.96. The lowest BCUT2D eigenvalue weighted by Gasteiger charge is -2.12. The van der Waals surface area contributed by atoms with E-state index in [9.17, 15) is 9.59 Å². The Balaban J connectivity index is 2.09. The average Bonchev–Trinajstić information content (AvgIpc) is 2.67. The van der Waals surface area contributed by atoms with E-state index in [1.807, 2.05) is 48.5 Å². The molecule has 0 fully saturated rings. The Bertz CT molecular complexity index is 1040. The minimum absolute atomic E-state index is 0.000109. The van der Waals surface area contributed by atoms with Crippen molar-refractivity contribution in [1.82, 2.24) is 0 Å². The van der Waals surface area contributed by atoms with Crippen LogP contribution in [0.25, 0.3) is 21.5 Å². The van der Waals surface area contributed by atoms with Crippen LogP contribution in [0.15, 0.2) is 64.8 Å². The van der Waals surface area contributed by atoms with Gasteiger partial charge in [-0.15, -0.1) is 0 Å². The van der Waals surface area contributed by atoms with Gasteiger partial charge in [0.05, 0.1) is 20.3 Å². The van der Waals surface area contributed by atoms with Crippen molar-refractivity contribution < 1.29 is 19.1 Å². The van der Waals surface area contributed by atoms with Crippen LogP contribution in [0.5, 0.6) is 0 Å². The molecule has 5 nitrogen and oxygen atoms in total. The molecule has 0 amide bonds. The summed E-state index contributed by atoms with van der Waals surface area (Å²) in [5.41, 5.74) is 0.658. The van der Waals surface area contributed by atoms with Crippen LogP contribution in [0.3, 0.4) is 0 Å². The largest absolute Gasteiger partial charge is 0.466 e. The number of anilines is 1. The highest BCUT2D eigenvalue weighted by atomic mass is 79.9. The summed E-state index contributed by atoms with van der Waals surface area (Å²) in [6.07, 6.45) is 1.07. The SMILES string of the molecule is COC(=O)/C=C(/Nc1ccc2cc(Br)c3ccccc3c2c1)C(=O)OC. The van der Waals surface area contributed by atoms with Gasteiger partial charge in [-0.2, -0.15) is 0 Å². The summed E-state index contributed by atoms with van der Waals surface area (Å²) in [7, 11) is 2.49. The molecule has 0 saturated heterocycles. The molecular weight excluding hydrogens is 398 g/mol. The fourth-order valence-electron chi connectivity index (χ4n) is 2.72. The molecule has 0 saturated carbocycles. The molecule has 0 aliphatic carbocycles. The maximum absolute atomic E-state index is 11.9. The molecule has 0 aliphatic rings. The van der Waals surface area contributed by atoms with Gasteiger partial charge in [-0.05, 0) is 39.7 Å². The van der Waals surface area contributed by atoms with Gasteiger partial charge >= 0.3 is 11.9 Å². The second-order valence-corrected chi connectivity index (χ2v) is 6.39. The van der Waals surface area contributed by atoms with Gasteiger partial charge in [0.25, 0.3) is 0 Å². The van der Waals surface area contributed by atoms with Crippen LogP contribution in [0.4, 0.5) is 5.69 Å². The Hall–Kier alpha value is -2.86. The van der Waals surface area contributed by atoms with Gasteiger partial charge in [0.2, 0.25) is 0 Å². The lowest BCUT2D eigenvalue weighted by Crippen LogP contribution is -2.15. The highest BCUT2D eigenvalue weighted by Gasteiger charge is 2.13. The summed E-state index contributed by atoms with van der Waals surface area (Å²) < 4.78 is 10.3. The van der Waals surface area contributed by atoms with Crippen molar-refractivity contribution in [3.05, 3.63) is 64.8 Å². The van der Waals surface area contributed by atoms with E-state index in [0.717, 1.165) is 32.1 Å². The van der Waals surface area contributed by atoms with Crippen molar-refractivity contribution in [3.63, 3.8) is 0 Å². The summed E-state index contributed by atoms with van der Waals surface area (Å²) in [5.74, 6) is -1.30. The van der Waals surface area contributed by atoms with Crippen molar-refractivity contribution >= 4 is 55.1 Å². The predicted molar refractivity (Wildman–Crippen MR) is 105 cm³/mol. The van der Waals surface area contributed by atoms with Crippen molar-refractivity contribution in [1.29, 1.82) is 0 Å². The van der Waals surface area contributed by atoms with Gasteiger partial charge in [0.1, 0.15) is 5.70 Å². The van der Waals surface area contributed by atoms with Crippen molar-refractivity contribution in [3.8, 4) is 0 Å². The molecule has 132 valence electrons. The summed E-state index contributed by atoms with van der Waals surface area (Å²) in [6.45, 7) is 0. The Morgan fingerprint density at radius 2 is 1.69 bits per heavy atom. The second-order valence-electron chi connectivity index (χ2n) is 5.54. The van der Waals surface area contributed by atoms with E-state index >= 15 is 0 Å². The molecular formula is C20H16BrNO4. The zero-order valence-corrected chi connectivity index (χ0v) is 15.8. The van der Waals surface area contributed by atoms with E-state index in [4.69, 9.17) is 4.74 Å². The summed E-state index contributed by atoms with van der Waals surface area (Å²) in [4.78, 5) is 23.4. The number of benzene rings is 3. The number of fused-ring (bicyclic) bond motifs is 3. The molecule has 0 unspecified atom stereocenters. The van der Waals surface area contributed by atoms with Crippen LogP contribution in [0.2, 0.25) is 0 Å². The molecule has 0 bridgehead atoms. The quantitative estimate of drug-likeness (QED) is 0.390. The van der Waals surface area contributed by atoms with Crippen molar-refractivity contribution in [2.45, 2.75) is 0 Å². The summed E-state index contributed by atoms with van der Waals surface area (Å²) >= 11 is 3.60. The topological polar surface area (TPSA) is 64.6 Å². The number of hydrogen-bond acceptors (Lipinski definition) is 5. The fraction of sp³-hybridized carbons (Fsp3) is 0.100. The highest BCUT2D eigenvalue weighted by molar-refractivity contribution is 9.10. The molecule has 26 heavy (non-hydrogen) atoms. The van der Waals surface area contributed by atoms with E-state index in [0.29, 0.717) is 5.69 Å². The summed E-state index contributed by atoms with van der Waals surface area (Å²) in [5, 5.41) is 7.19. The Kier molecular flexibility index (Phi) is 5.23. The first-order valence-electron chi connectivity index (χ1n) is 7.79. The third-order valence-corrected chi connectivity index (χ3v) is 4.61. The smallest absolute Gasteiger partial charge is 0.354 e. The number of rotatable bonds is 4. The van der Waals surface area contributed by atoms with Gasteiger partial charge < -0.3 is 14.8 Å². The highest BCUT2D eigenvalue weighted by Crippen LogP contribution is 2.33. The zero-order chi connectivity index (χ0) is 18.7. The molecule has 6 heteroatoms. The number of carbonyl (C=O) groups is 2. The number of methoxy groups -OCH3 is 2. The molecule has 1 N–H and O–H groups in total. The van der Waals surface area contributed by atoms with Gasteiger partial charge in [0, 0.05) is 10.2 Å². The van der Waals surface area contributed by atoms with Crippen LogP contribution in [0.1, 0.15) is 0 Å². The Morgan fingerprint density at radius 3 is 2.38 bits per heavy atom. The van der Waals surface area contributed by atoms with Gasteiger partial charge in [0.15, 0.2) is 0 Å². The summed E-state index contributed by atoms with van der Waals surface area (Å²) in [6, 6.07) is 15.8. The van der Waals surface area contributed by atoms with Crippen LogP contribution < -0.4 is 5.32 Å². The van der Waals surface area contributed by atoms with Gasteiger partial charge in [-0.1, -0.05) is 46.3 Å². The van der Waals surface area contributed by atoms with E-state index in [2.05, 4.69) is 26.0 Å². The van der Waals surface area contributed by atoms with E-state index < -0.39 is 11.9 Å². The first-order chi connectivity index (χ1) is 12.5. The Labute approximate surface area is 158 Å². The number of hydrogen-bond donors (Lipinski definition) is 1. The first kappa shape index (κ1) is 17.9. The first-order valence-corrected chi connectivity index (χ1v) is 8.59. The molecule has 3 aromatic rings. The van der Waals surface area contributed by atoms with Crippen LogP contribution in [0, 0.1) is 0 Å². The van der Waals surface area contributed by atoms with Crippen LogP contribution in [-0.2, 0) is 19.1 Å². The molecule has 3 rings (SSSR count). The lowest BCUT2D eigenvalue weighted by atomic mass is 10.0. The van der Waals surface area contributed by atoms with Crippen LogP contribution in [-0.4, -0.2) is 26.2 Å². The normalized spacial score (nSPS) is 11.4. The van der Waals surface area contributed by atoms with E-state index in [1.165, 1.54) is 14.2 Å². The number of esters is 2. The van der Waals surface area contributed by atoms with E-state index in [1.54, 1.807) is 0 Å². The number of carbonyl (C=O) groups excluding carboxylic acids is 2. The zero-order valence-electron chi connectivity index (χ0n) is 14.2. The lowest BCUT2D eigenvalue weighted by molar-refractivity contribution is -0.138. The van der Waals surface area contributed by atoms with E-state index in [-0.39, 0.29) is 5.70 Å². The molecule has 0 spiro atoms. The maximum Gasteiger partial charge on any atom is 0.354 e. The Morgan fingerprint density at radius 1 is 0.962 bits per heavy atom. The van der Waals surface area contributed by atoms with Gasteiger partial charge in [-0.25, -0.2) is 9.59 Å². The second kappa shape index (κ2) is 7.58. The molecule has 3 aromatic carbocycles. The number of ether oxygens (including phenoxy) is 2. The molecule has 0 atom stereocenters. The monoisotopic (exact) mass is 413 g/mol. The minimum atomic E-state index is -0.656. The van der Waals surface area contributed by atoms with Crippen molar-refractivity contribution in [2.24, 2.45) is 0 Å². The molecule has 0 heterocycles. The predicted octanol–water partition coefficient (Wildman–Crippen LogP) is 4.40. The van der Waals surface area contributed by atoms with Crippen molar-refractivity contribution in [2.75, 3.05) is 19.5 Å². The molecule has 0 radical (unpaired) electrons. The molecule has 0 aliphatic heterocycles. The molecule has 0 aromatic heterocycles. The maximum atomic E-state index is 11.9. The average molecular weight is 414 g/mol.